The molecule has 1 aromatic rings. The van der Waals surface area contributed by atoms with Crippen molar-refractivity contribution >= 4 is 28.0 Å². The number of carbonyl (C=O) groups excluding carboxylic acids is 3. The van der Waals surface area contributed by atoms with Crippen LogP contribution >= 0.6 is 0 Å². The maximum atomic E-state index is 13.0. The summed E-state index contributed by atoms with van der Waals surface area (Å²) >= 11 is 0. The average Bonchev–Trinajstić information content (AvgIpc) is 3.15. The van der Waals surface area contributed by atoms with Crippen molar-refractivity contribution < 1.29 is 41.6 Å². The highest BCUT2D eigenvalue weighted by Crippen LogP contribution is 2.20. The minimum absolute atomic E-state index is 0.0706. The van der Waals surface area contributed by atoms with Gasteiger partial charge in [-0.3, -0.25) is 14.1 Å². The Labute approximate surface area is 197 Å². The van der Waals surface area contributed by atoms with E-state index in [4.69, 9.17) is 4.74 Å². The molecule has 190 valence electrons. The third-order valence-corrected chi connectivity index (χ3v) is 6.22. The Kier molecular flexibility index (Phi) is 9.77. The Morgan fingerprint density at radius 3 is 2.41 bits per heavy atom. The van der Waals surface area contributed by atoms with E-state index < -0.39 is 51.4 Å². The molecule has 1 saturated heterocycles. The second-order valence-electron chi connectivity index (χ2n) is 8.56. The van der Waals surface area contributed by atoms with Crippen molar-refractivity contribution in [1.82, 2.24) is 16.0 Å². The largest absolute Gasteiger partial charge is 0.445 e. The monoisotopic (exact) mass is 503 g/mol. The summed E-state index contributed by atoms with van der Waals surface area (Å²) in [6.07, 6.45) is -0.655. The summed E-state index contributed by atoms with van der Waals surface area (Å²) in [5, 5.41) is 17.4. The van der Waals surface area contributed by atoms with Crippen LogP contribution in [-0.2, 0) is 31.1 Å². The molecule has 11 nitrogen and oxygen atoms in total. The fourth-order valence-electron chi connectivity index (χ4n) is 3.53. The SMILES string of the molecule is CC(C)C[C@H](NC(=O)OCc1ccc(F)cc1)C(=O)N[C@@H](C[C@@H]1CCNC1=O)C(O)S(=O)(=O)O. The van der Waals surface area contributed by atoms with Gasteiger partial charge in [0.15, 0.2) is 0 Å². The molecular formula is C21H30FN3O8S. The minimum atomic E-state index is -4.95. The molecule has 34 heavy (non-hydrogen) atoms. The number of halogens is 1. The van der Waals surface area contributed by atoms with Crippen molar-refractivity contribution in [2.45, 2.75) is 57.2 Å². The van der Waals surface area contributed by atoms with Gasteiger partial charge in [0.1, 0.15) is 18.5 Å². The van der Waals surface area contributed by atoms with Crippen LogP contribution in [0.5, 0.6) is 0 Å². The Balaban J connectivity index is 2.07. The summed E-state index contributed by atoms with van der Waals surface area (Å²) in [6, 6.07) is 2.62. The predicted molar refractivity (Wildman–Crippen MR) is 118 cm³/mol. The number of nitrogens with one attached hydrogen (secondary N) is 3. The van der Waals surface area contributed by atoms with Gasteiger partial charge in [-0.15, -0.1) is 0 Å². The number of hydrogen-bond acceptors (Lipinski definition) is 7. The lowest BCUT2D eigenvalue weighted by atomic mass is 9.97. The van der Waals surface area contributed by atoms with Gasteiger partial charge in [-0.2, -0.15) is 8.42 Å². The molecule has 0 aromatic heterocycles. The summed E-state index contributed by atoms with van der Waals surface area (Å²) in [4.78, 5) is 37.1. The summed E-state index contributed by atoms with van der Waals surface area (Å²) in [6.45, 7) is 3.77. The van der Waals surface area contributed by atoms with E-state index in [1.54, 1.807) is 13.8 Å². The van der Waals surface area contributed by atoms with E-state index in [0.29, 0.717) is 18.5 Å². The summed E-state index contributed by atoms with van der Waals surface area (Å²) in [7, 11) is -4.95. The number of aliphatic hydroxyl groups is 1. The lowest BCUT2D eigenvalue weighted by Crippen LogP contribution is -2.54. The lowest BCUT2D eigenvalue weighted by molar-refractivity contribution is -0.126. The van der Waals surface area contributed by atoms with Crippen molar-refractivity contribution in [2.75, 3.05) is 6.54 Å². The van der Waals surface area contributed by atoms with Crippen molar-refractivity contribution in [1.29, 1.82) is 0 Å². The molecule has 1 aliphatic heterocycles. The number of carbonyl (C=O) groups is 3. The van der Waals surface area contributed by atoms with E-state index in [2.05, 4.69) is 16.0 Å². The van der Waals surface area contributed by atoms with Crippen LogP contribution in [0.2, 0.25) is 0 Å². The Morgan fingerprint density at radius 2 is 1.88 bits per heavy atom. The standard InChI is InChI=1S/C21H30FN3O8S/c1-12(2)9-16(25-21(29)33-11-13-3-5-15(22)6-4-13)19(27)24-17(20(28)34(30,31)32)10-14-7-8-23-18(14)26/h3-6,12,14,16-17,20,28H,7-11H2,1-2H3,(H,23,26)(H,24,27)(H,25,29)(H,30,31,32)/t14-,16-,17-,20?/m0/s1. The van der Waals surface area contributed by atoms with E-state index in [1.165, 1.54) is 24.3 Å². The average molecular weight is 504 g/mol. The Morgan fingerprint density at radius 1 is 1.24 bits per heavy atom. The van der Waals surface area contributed by atoms with Crippen molar-refractivity contribution in [3.8, 4) is 0 Å². The third-order valence-electron chi connectivity index (χ3n) is 5.28. The molecule has 0 saturated carbocycles. The second-order valence-corrected chi connectivity index (χ2v) is 10.1. The van der Waals surface area contributed by atoms with Gasteiger partial charge in [-0.05, 0) is 42.9 Å². The zero-order valence-corrected chi connectivity index (χ0v) is 19.7. The van der Waals surface area contributed by atoms with Gasteiger partial charge < -0.3 is 25.8 Å². The fraction of sp³-hybridized carbons (Fsp3) is 0.571. The zero-order valence-electron chi connectivity index (χ0n) is 18.9. The molecular weight excluding hydrogens is 473 g/mol. The smallest absolute Gasteiger partial charge is 0.408 e. The number of hydrogen-bond donors (Lipinski definition) is 5. The normalized spacial score (nSPS) is 18.6. The van der Waals surface area contributed by atoms with Gasteiger partial charge >= 0.3 is 6.09 Å². The third kappa shape index (κ3) is 8.54. The number of rotatable bonds is 11. The van der Waals surface area contributed by atoms with E-state index in [1.807, 2.05) is 0 Å². The summed E-state index contributed by atoms with van der Waals surface area (Å²) in [5.41, 5.74) is -1.84. The first-order valence-electron chi connectivity index (χ1n) is 10.8. The van der Waals surface area contributed by atoms with Crippen LogP contribution in [0.4, 0.5) is 9.18 Å². The van der Waals surface area contributed by atoms with Crippen LogP contribution in [0, 0.1) is 17.7 Å². The molecule has 2 rings (SSSR count). The quantitative estimate of drug-likeness (QED) is 0.274. The van der Waals surface area contributed by atoms with Crippen molar-refractivity contribution in [2.24, 2.45) is 11.8 Å². The van der Waals surface area contributed by atoms with Crippen LogP contribution in [0.15, 0.2) is 24.3 Å². The molecule has 1 heterocycles. The van der Waals surface area contributed by atoms with Gasteiger partial charge in [-0.1, -0.05) is 26.0 Å². The molecule has 0 aliphatic carbocycles. The molecule has 1 unspecified atom stereocenters. The molecule has 0 spiro atoms. The van der Waals surface area contributed by atoms with Crippen molar-refractivity contribution in [3.05, 3.63) is 35.6 Å². The van der Waals surface area contributed by atoms with Crippen LogP contribution in [0.25, 0.3) is 0 Å². The maximum Gasteiger partial charge on any atom is 0.408 e. The summed E-state index contributed by atoms with van der Waals surface area (Å²) in [5.74, 6) is -2.36. The topological polar surface area (TPSA) is 171 Å². The van der Waals surface area contributed by atoms with Crippen molar-refractivity contribution in [3.63, 3.8) is 0 Å². The van der Waals surface area contributed by atoms with E-state index in [-0.39, 0.29) is 31.3 Å². The number of amides is 3. The Hall–Kier alpha value is -2.77. The highest BCUT2D eigenvalue weighted by atomic mass is 32.2. The summed E-state index contributed by atoms with van der Waals surface area (Å²) < 4.78 is 50.4. The number of benzene rings is 1. The zero-order chi connectivity index (χ0) is 25.5. The molecule has 1 aliphatic rings. The number of aliphatic hydroxyl groups excluding tert-OH is 1. The van der Waals surface area contributed by atoms with Gasteiger partial charge in [-0.25, -0.2) is 9.18 Å². The highest BCUT2D eigenvalue weighted by Gasteiger charge is 2.37. The van der Waals surface area contributed by atoms with Gasteiger partial charge in [0.2, 0.25) is 17.3 Å². The number of alkyl carbamates (subject to hydrolysis) is 1. The maximum absolute atomic E-state index is 13.0. The Bertz CT molecular complexity index is 971. The van der Waals surface area contributed by atoms with Crippen LogP contribution < -0.4 is 16.0 Å². The molecule has 4 atom stereocenters. The molecule has 1 aromatic carbocycles. The molecule has 5 N–H and O–H groups in total. The van der Waals surface area contributed by atoms with Gasteiger partial charge in [0.05, 0.1) is 6.04 Å². The van der Waals surface area contributed by atoms with Crippen LogP contribution in [0.1, 0.15) is 38.7 Å². The molecule has 13 heteroatoms. The van der Waals surface area contributed by atoms with E-state index in [0.717, 1.165) is 0 Å². The highest BCUT2D eigenvalue weighted by molar-refractivity contribution is 7.86. The van der Waals surface area contributed by atoms with Gasteiger partial charge in [0.25, 0.3) is 10.1 Å². The van der Waals surface area contributed by atoms with E-state index >= 15 is 0 Å². The molecule has 1 fully saturated rings. The fourth-order valence-corrected chi connectivity index (χ4v) is 4.12. The second kappa shape index (κ2) is 12.1. The predicted octanol–water partition coefficient (Wildman–Crippen LogP) is 0.684. The van der Waals surface area contributed by atoms with E-state index in [9.17, 15) is 36.9 Å². The molecule has 3 amide bonds. The molecule has 0 radical (unpaired) electrons. The first kappa shape index (κ1) is 27.5. The lowest BCUT2D eigenvalue weighted by Gasteiger charge is -2.27. The first-order chi connectivity index (χ1) is 15.9. The van der Waals surface area contributed by atoms with Crippen LogP contribution in [-0.4, -0.2) is 60.0 Å². The molecule has 0 bridgehead atoms. The first-order valence-corrected chi connectivity index (χ1v) is 12.3. The van der Waals surface area contributed by atoms with Crippen LogP contribution in [0.3, 0.4) is 0 Å². The minimum Gasteiger partial charge on any atom is -0.445 e. The number of ether oxygens (including phenoxy) is 1. The van der Waals surface area contributed by atoms with Gasteiger partial charge in [0, 0.05) is 12.5 Å².